The molecule has 1 N–H and O–H groups in total. The molecular formula is C16H18F3N3O5. The molecule has 0 radical (unpaired) electrons. The Balaban J connectivity index is 1.87. The van der Waals surface area contributed by atoms with E-state index in [-0.39, 0.29) is 43.2 Å². The topological polar surface area (TPSA) is 102 Å². The largest absolute Gasteiger partial charge is 0.440 e. The molecule has 1 aromatic carbocycles. The summed E-state index contributed by atoms with van der Waals surface area (Å²) in [6.07, 6.45) is -5.16. The molecule has 27 heavy (non-hydrogen) atoms. The van der Waals surface area contributed by atoms with Crippen LogP contribution in [0.4, 0.5) is 29.3 Å². The first-order valence-electron chi connectivity index (χ1n) is 8.11. The predicted molar refractivity (Wildman–Crippen MR) is 88.2 cm³/mol. The molecule has 0 spiro atoms. The number of carbonyl (C=O) groups is 2. The number of rotatable bonds is 4. The van der Waals surface area contributed by atoms with Crippen molar-refractivity contribution in [3.63, 3.8) is 0 Å². The first kappa shape index (κ1) is 20.5. The van der Waals surface area contributed by atoms with E-state index >= 15 is 0 Å². The summed E-state index contributed by atoms with van der Waals surface area (Å²) >= 11 is 0. The molecule has 2 rings (SSSR count). The number of nitro groups is 1. The SMILES string of the molecule is Cc1ccc(NC(=O)C2CCN(C(=O)OCC(F)(F)F)CC2)cc1[N+](=O)[O-]. The highest BCUT2D eigenvalue weighted by molar-refractivity contribution is 5.93. The molecule has 0 atom stereocenters. The number of anilines is 1. The van der Waals surface area contributed by atoms with Gasteiger partial charge in [0.25, 0.3) is 5.69 Å². The monoisotopic (exact) mass is 389 g/mol. The molecule has 0 unspecified atom stereocenters. The Bertz CT molecular complexity index is 731. The molecule has 2 amide bonds. The van der Waals surface area contributed by atoms with Crippen LogP contribution in [-0.4, -0.2) is 47.7 Å². The third-order valence-electron chi connectivity index (χ3n) is 4.16. The number of hydrogen-bond acceptors (Lipinski definition) is 5. The van der Waals surface area contributed by atoms with Crippen molar-refractivity contribution in [3.8, 4) is 0 Å². The summed E-state index contributed by atoms with van der Waals surface area (Å²) in [4.78, 5) is 35.4. The van der Waals surface area contributed by atoms with Crippen molar-refractivity contribution < 1.29 is 32.4 Å². The molecule has 1 saturated heterocycles. The van der Waals surface area contributed by atoms with E-state index in [1.54, 1.807) is 13.0 Å². The minimum atomic E-state index is -4.59. The maximum Gasteiger partial charge on any atom is 0.422 e. The Morgan fingerprint density at radius 2 is 1.96 bits per heavy atom. The number of aryl methyl sites for hydroxylation is 1. The van der Waals surface area contributed by atoms with Gasteiger partial charge in [-0.25, -0.2) is 4.79 Å². The van der Waals surface area contributed by atoms with Gasteiger partial charge in [0.2, 0.25) is 5.91 Å². The zero-order valence-electron chi connectivity index (χ0n) is 14.4. The third-order valence-corrected chi connectivity index (χ3v) is 4.16. The van der Waals surface area contributed by atoms with Crippen LogP contribution in [-0.2, 0) is 9.53 Å². The fourth-order valence-corrected chi connectivity index (χ4v) is 2.69. The summed E-state index contributed by atoms with van der Waals surface area (Å²) in [5, 5.41) is 13.5. The molecule has 11 heteroatoms. The Hall–Kier alpha value is -2.85. The average molecular weight is 389 g/mol. The van der Waals surface area contributed by atoms with Crippen molar-refractivity contribution in [3.05, 3.63) is 33.9 Å². The van der Waals surface area contributed by atoms with Crippen LogP contribution in [0.25, 0.3) is 0 Å². The van der Waals surface area contributed by atoms with Crippen molar-refractivity contribution in [2.75, 3.05) is 25.0 Å². The Labute approximate surface area is 152 Å². The van der Waals surface area contributed by atoms with E-state index in [1.807, 2.05) is 0 Å². The summed E-state index contributed by atoms with van der Waals surface area (Å²) in [6, 6.07) is 4.33. The second kappa shape index (κ2) is 8.23. The number of benzene rings is 1. The van der Waals surface area contributed by atoms with Gasteiger partial charge in [-0.15, -0.1) is 0 Å². The van der Waals surface area contributed by atoms with Gasteiger partial charge in [0.1, 0.15) is 0 Å². The lowest BCUT2D eigenvalue weighted by Gasteiger charge is -2.30. The van der Waals surface area contributed by atoms with Crippen LogP contribution in [0.5, 0.6) is 0 Å². The van der Waals surface area contributed by atoms with Gasteiger partial charge < -0.3 is 15.0 Å². The molecule has 148 valence electrons. The second-order valence-corrected chi connectivity index (χ2v) is 6.18. The van der Waals surface area contributed by atoms with E-state index in [2.05, 4.69) is 10.1 Å². The molecule has 1 aliphatic heterocycles. The lowest BCUT2D eigenvalue weighted by atomic mass is 9.96. The number of ether oxygens (including phenoxy) is 1. The maximum absolute atomic E-state index is 12.3. The van der Waals surface area contributed by atoms with Crippen molar-refractivity contribution >= 4 is 23.4 Å². The van der Waals surface area contributed by atoms with Crippen molar-refractivity contribution in [1.29, 1.82) is 0 Å². The van der Waals surface area contributed by atoms with Gasteiger partial charge in [0.15, 0.2) is 6.61 Å². The van der Waals surface area contributed by atoms with E-state index in [0.717, 1.165) is 4.90 Å². The molecule has 0 saturated carbocycles. The van der Waals surface area contributed by atoms with E-state index in [1.165, 1.54) is 12.1 Å². The third kappa shape index (κ3) is 5.83. The number of hydrogen-bond donors (Lipinski definition) is 1. The highest BCUT2D eigenvalue weighted by Gasteiger charge is 2.33. The zero-order chi connectivity index (χ0) is 20.2. The van der Waals surface area contributed by atoms with Crippen LogP contribution in [0.15, 0.2) is 18.2 Å². The normalized spacial score (nSPS) is 15.3. The lowest BCUT2D eigenvalue weighted by Crippen LogP contribution is -2.42. The zero-order valence-corrected chi connectivity index (χ0v) is 14.4. The summed E-state index contributed by atoms with van der Waals surface area (Å²) in [7, 11) is 0. The van der Waals surface area contributed by atoms with Crippen LogP contribution in [0, 0.1) is 23.0 Å². The van der Waals surface area contributed by atoms with E-state index < -0.39 is 29.7 Å². The van der Waals surface area contributed by atoms with Gasteiger partial charge in [-0.2, -0.15) is 13.2 Å². The van der Waals surface area contributed by atoms with Crippen molar-refractivity contribution in [1.82, 2.24) is 4.90 Å². The van der Waals surface area contributed by atoms with Crippen molar-refractivity contribution in [2.45, 2.75) is 25.9 Å². The Morgan fingerprint density at radius 1 is 1.33 bits per heavy atom. The highest BCUT2D eigenvalue weighted by Crippen LogP contribution is 2.25. The first-order valence-corrected chi connectivity index (χ1v) is 8.11. The molecule has 0 aromatic heterocycles. The predicted octanol–water partition coefficient (Wildman–Crippen LogP) is 3.25. The first-order chi connectivity index (χ1) is 12.6. The summed E-state index contributed by atoms with van der Waals surface area (Å²) in [6.45, 7) is 0.0986. The van der Waals surface area contributed by atoms with Gasteiger partial charge in [-0.1, -0.05) is 6.07 Å². The second-order valence-electron chi connectivity index (χ2n) is 6.18. The Morgan fingerprint density at radius 3 is 2.52 bits per heavy atom. The van der Waals surface area contributed by atoms with Crippen LogP contribution in [0.3, 0.4) is 0 Å². The molecule has 1 aromatic rings. The number of halogens is 3. The highest BCUT2D eigenvalue weighted by atomic mass is 19.4. The number of piperidine rings is 1. The minimum absolute atomic E-state index is 0.0861. The van der Waals surface area contributed by atoms with Crippen LogP contribution < -0.4 is 5.32 Å². The quantitative estimate of drug-likeness (QED) is 0.629. The number of amides is 2. The number of likely N-dealkylation sites (tertiary alicyclic amines) is 1. The summed E-state index contributed by atoms with van der Waals surface area (Å²) in [5.41, 5.74) is 0.628. The maximum atomic E-state index is 12.3. The molecule has 1 heterocycles. The summed E-state index contributed by atoms with van der Waals surface area (Å²) < 4.78 is 40.4. The number of alkyl halides is 3. The molecule has 1 aliphatic rings. The molecule has 8 nitrogen and oxygen atoms in total. The molecule has 1 fully saturated rings. The summed E-state index contributed by atoms with van der Waals surface area (Å²) in [5.74, 6) is -0.825. The van der Waals surface area contributed by atoms with E-state index in [4.69, 9.17) is 0 Å². The lowest BCUT2D eigenvalue weighted by molar-refractivity contribution is -0.385. The van der Waals surface area contributed by atoms with Gasteiger partial charge in [0.05, 0.1) is 4.92 Å². The fourth-order valence-electron chi connectivity index (χ4n) is 2.69. The molecule has 0 bridgehead atoms. The van der Waals surface area contributed by atoms with E-state index in [9.17, 15) is 32.9 Å². The Kier molecular flexibility index (Phi) is 6.24. The van der Waals surface area contributed by atoms with Gasteiger partial charge >= 0.3 is 12.3 Å². The number of nitro benzene ring substituents is 1. The van der Waals surface area contributed by atoms with Gasteiger partial charge in [-0.05, 0) is 25.8 Å². The van der Waals surface area contributed by atoms with Crippen LogP contribution >= 0.6 is 0 Å². The van der Waals surface area contributed by atoms with Crippen molar-refractivity contribution in [2.24, 2.45) is 5.92 Å². The van der Waals surface area contributed by atoms with Crippen LogP contribution in [0.1, 0.15) is 18.4 Å². The average Bonchev–Trinajstić information content (AvgIpc) is 2.60. The minimum Gasteiger partial charge on any atom is -0.440 e. The molecular weight excluding hydrogens is 371 g/mol. The number of carbonyl (C=O) groups excluding carboxylic acids is 2. The van der Waals surface area contributed by atoms with E-state index in [0.29, 0.717) is 5.56 Å². The van der Waals surface area contributed by atoms with Gasteiger partial charge in [0, 0.05) is 36.3 Å². The molecule has 0 aliphatic carbocycles. The standard InChI is InChI=1S/C16H18F3N3O5/c1-10-2-3-12(8-13(10)22(25)26)20-14(23)11-4-6-21(7-5-11)15(24)27-9-16(17,18)19/h2-3,8,11H,4-7,9H2,1H3,(H,20,23). The van der Waals surface area contributed by atoms with Crippen LogP contribution in [0.2, 0.25) is 0 Å². The number of nitrogens with zero attached hydrogens (tertiary/aromatic N) is 2. The van der Waals surface area contributed by atoms with Gasteiger partial charge in [-0.3, -0.25) is 14.9 Å². The number of nitrogens with one attached hydrogen (secondary N) is 1. The smallest absolute Gasteiger partial charge is 0.422 e. The fraction of sp³-hybridized carbons (Fsp3) is 0.500.